The number of benzene rings is 5. The molecule has 0 radical (unpaired) electrons. The molecule has 0 spiro atoms. The lowest BCUT2D eigenvalue weighted by atomic mass is 9.82. The fourth-order valence-corrected chi connectivity index (χ4v) is 6.80. The minimum atomic E-state index is 0.574. The average Bonchev–Trinajstić information content (AvgIpc) is 3.08. The molecular formula is C41H30N2. The summed E-state index contributed by atoms with van der Waals surface area (Å²) in [5.41, 5.74) is 9.77. The number of rotatable bonds is 4. The molecule has 2 heterocycles. The van der Waals surface area contributed by atoms with Gasteiger partial charge in [0.05, 0.1) is 0 Å². The van der Waals surface area contributed by atoms with Crippen LogP contribution in [0.2, 0.25) is 0 Å². The smallest absolute Gasteiger partial charge is 0.0352 e. The second kappa shape index (κ2) is 10.5. The van der Waals surface area contributed by atoms with Crippen molar-refractivity contribution in [2.75, 3.05) is 0 Å². The molecule has 0 aliphatic heterocycles. The van der Waals surface area contributed by atoms with Crippen LogP contribution in [0.4, 0.5) is 0 Å². The van der Waals surface area contributed by atoms with E-state index in [1.165, 1.54) is 65.7 Å². The lowest BCUT2D eigenvalue weighted by Crippen LogP contribution is -1.97. The summed E-state index contributed by atoms with van der Waals surface area (Å²) >= 11 is 0. The Bertz CT molecular complexity index is 2170. The summed E-state index contributed by atoms with van der Waals surface area (Å²) in [4.78, 5) is 8.71. The lowest BCUT2D eigenvalue weighted by molar-refractivity contribution is 0.739. The van der Waals surface area contributed by atoms with E-state index in [9.17, 15) is 0 Å². The van der Waals surface area contributed by atoms with Gasteiger partial charge in [0.1, 0.15) is 0 Å². The quantitative estimate of drug-likeness (QED) is 0.204. The molecule has 2 aromatic heterocycles. The van der Waals surface area contributed by atoms with Crippen LogP contribution < -0.4 is 0 Å². The van der Waals surface area contributed by atoms with Crippen molar-refractivity contribution in [2.24, 2.45) is 5.92 Å². The Labute approximate surface area is 251 Å². The Balaban J connectivity index is 1.42. The van der Waals surface area contributed by atoms with Crippen molar-refractivity contribution in [2.45, 2.75) is 13.3 Å². The highest BCUT2D eigenvalue weighted by Gasteiger charge is 2.20. The monoisotopic (exact) mass is 550 g/mol. The number of hydrogen-bond acceptors (Lipinski definition) is 2. The molecule has 8 rings (SSSR count). The standard InChI is InChI=1S/C41H30N2/c1-27-16-18-29(19-17-27)40-35-8-2-4-10-37(35)41(38-11-5-3-9-36(38)40)34-15-7-13-30-31(12-6-14-32(30)34)33-22-25-43-26-39(33)28-20-23-42-24-21-28/h2-16,18-27H,17H2,1H3. The van der Waals surface area contributed by atoms with Crippen LogP contribution >= 0.6 is 0 Å². The summed E-state index contributed by atoms with van der Waals surface area (Å²) < 4.78 is 0. The summed E-state index contributed by atoms with van der Waals surface area (Å²) in [6, 6.07) is 37.5. The maximum atomic E-state index is 4.48. The van der Waals surface area contributed by atoms with Crippen LogP contribution in [-0.2, 0) is 0 Å². The van der Waals surface area contributed by atoms with E-state index in [0.717, 1.165) is 17.5 Å². The number of hydrogen-bond donors (Lipinski definition) is 0. The van der Waals surface area contributed by atoms with Crippen molar-refractivity contribution in [3.8, 4) is 33.4 Å². The van der Waals surface area contributed by atoms with Crippen molar-refractivity contribution in [3.63, 3.8) is 0 Å². The van der Waals surface area contributed by atoms with E-state index >= 15 is 0 Å². The third-order valence-electron chi connectivity index (χ3n) is 8.83. The van der Waals surface area contributed by atoms with Gasteiger partial charge in [-0.2, -0.15) is 0 Å². The molecule has 0 saturated heterocycles. The minimum Gasteiger partial charge on any atom is -0.265 e. The number of pyridine rings is 2. The molecule has 2 nitrogen and oxygen atoms in total. The van der Waals surface area contributed by atoms with Gasteiger partial charge in [-0.15, -0.1) is 0 Å². The van der Waals surface area contributed by atoms with E-state index in [1.54, 1.807) is 0 Å². The minimum absolute atomic E-state index is 0.574. The number of allylic oxidation sites excluding steroid dienone is 4. The molecule has 0 amide bonds. The van der Waals surface area contributed by atoms with E-state index < -0.39 is 0 Å². The van der Waals surface area contributed by atoms with Crippen LogP contribution in [-0.4, -0.2) is 9.97 Å². The highest BCUT2D eigenvalue weighted by Crippen LogP contribution is 2.46. The van der Waals surface area contributed by atoms with E-state index in [4.69, 9.17) is 0 Å². The zero-order chi connectivity index (χ0) is 28.8. The Morgan fingerprint density at radius 3 is 1.74 bits per heavy atom. The van der Waals surface area contributed by atoms with Gasteiger partial charge in [0.15, 0.2) is 0 Å². The SMILES string of the molecule is CC1C=CC(c2c3ccccc3c(-c3cccc4c(-c5ccncc5-c5ccncc5)cccc34)c3ccccc23)=CC1. The predicted octanol–water partition coefficient (Wildman–Crippen LogP) is 10.9. The molecule has 7 aromatic rings. The molecule has 1 aliphatic rings. The number of aromatic nitrogens is 2. The highest BCUT2D eigenvalue weighted by atomic mass is 14.6. The Morgan fingerprint density at radius 1 is 0.512 bits per heavy atom. The van der Waals surface area contributed by atoms with Gasteiger partial charge >= 0.3 is 0 Å². The van der Waals surface area contributed by atoms with Gasteiger partial charge in [0.25, 0.3) is 0 Å². The summed E-state index contributed by atoms with van der Waals surface area (Å²) in [5.74, 6) is 0.574. The summed E-state index contributed by atoms with van der Waals surface area (Å²) in [5, 5.41) is 7.62. The summed E-state index contributed by atoms with van der Waals surface area (Å²) in [7, 11) is 0. The topological polar surface area (TPSA) is 25.8 Å². The molecule has 1 aliphatic carbocycles. The fraction of sp³-hybridized carbons (Fsp3) is 0.0732. The second-order valence-electron chi connectivity index (χ2n) is 11.4. The van der Waals surface area contributed by atoms with Crippen molar-refractivity contribution in [3.05, 3.63) is 152 Å². The molecule has 43 heavy (non-hydrogen) atoms. The van der Waals surface area contributed by atoms with E-state index in [1.807, 2.05) is 24.8 Å². The van der Waals surface area contributed by atoms with Crippen LogP contribution in [0.1, 0.15) is 18.9 Å². The zero-order valence-corrected chi connectivity index (χ0v) is 24.0. The van der Waals surface area contributed by atoms with Crippen LogP contribution in [0.3, 0.4) is 0 Å². The van der Waals surface area contributed by atoms with Crippen LogP contribution in [0.25, 0.3) is 71.3 Å². The molecule has 2 heteroatoms. The first kappa shape index (κ1) is 25.4. The first-order chi connectivity index (χ1) is 21.3. The van der Waals surface area contributed by atoms with Crippen molar-refractivity contribution < 1.29 is 0 Å². The van der Waals surface area contributed by atoms with Gasteiger partial charge in [-0.05, 0) is 102 Å². The largest absolute Gasteiger partial charge is 0.265 e. The molecule has 0 N–H and O–H groups in total. The molecular weight excluding hydrogens is 520 g/mol. The van der Waals surface area contributed by atoms with Gasteiger partial charge < -0.3 is 0 Å². The summed E-state index contributed by atoms with van der Waals surface area (Å²) in [6.07, 6.45) is 15.7. The molecule has 1 atom stereocenters. The lowest BCUT2D eigenvalue weighted by Gasteiger charge is -2.21. The van der Waals surface area contributed by atoms with Crippen molar-refractivity contribution in [1.29, 1.82) is 0 Å². The van der Waals surface area contributed by atoms with Gasteiger partial charge in [-0.3, -0.25) is 9.97 Å². The fourth-order valence-electron chi connectivity index (χ4n) is 6.80. The Hall–Kier alpha value is -5.34. The normalized spacial score (nSPS) is 14.8. The predicted molar refractivity (Wildman–Crippen MR) is 182 cm³/mol. The van der Waals surface area contributed by atoms with Crippen LogP contribution in [0.5, 0.6) is 0 Å². The summed E-state index contributed by atoms with van der Waals surface area (Å²) in [6.45, 7) is 2.28. The second-order valence-corrected chi connectivity index (χ2v) is 11.4. The Morgan fingerprint density at radius 2 is 1.09 bits per heavy atom. The first-order valence-electron chi connectivity index (χ1n) is 15.0. The van der Waals surface area contributed by atoms with Gasteiger partial charge in [0, 0.05) is 30.4 Å². The van der Waals surface area contributed by atoms with Crippen molar-refractivity contribution >= 4 is 37.9 Å². The highest BCUT2D eigenvalue weighted by molar-refractivity contribution is 6.22. The average molecular weight is 551 g/mol. The van der Waals surface area contributed by atoms with Gasteiger partial charge in [0.2, 0.25) is 0 Å². The molecule has 0 fully saturated rings. The number of fused-ring (bicyclic) bond motifs is 3. The van der Waals surface area contributed by atoms with E-state index in [0.29, 0.717) is 5.92 Å². The maximum Gasteiger partial charge on any atom is 0.0352 e. The Kier molecular flexibility index (Phi) is 6.19. The molecule has 5 aromatic carbocycles. The van der Waals surface area contributed by atoms with Gasteiger partial charge in [-0.1, -0.05) is 110 Å². The van der Waals surface area contributed by atoms with Crippen LogP contribution in [0.15, 0.2) is 146 Å². The van der Waals surface area contributed by atoms with E-state index in [-0.39, 0.29) is 0 Å². The molecule has 1 unspecified atom stereocenters. The third kappa shape index (κ3) is 4.26. The first-order valence-corrected chi connectivity index (χ1v) is 15.0. The molecule has 204 valence electrons. The van der Waals surface area contributed by atoms with E-state index in [2.05, 4.69) is 138 Å². The number of nitrogens with zero attached hydrogens (tertiary/aromatic N) is 2. The van der Waals surface area contributed by atoms with Crippen molar-refractivity contribution in [1.82, 2.24) is 9.97 Å². The zero-order valence-electron chi connectivity index (χ0n) is 24.0. The molecule has 0 saturated carbocycles. The maximum absolute atomic E-state index is 4.48. The van der Waals surface area contributed by atoms with Gasteiger partial charge in [-0.25, -0.2) is 0 Å². The third-order valence-corrected chi connectivity index (χ3v) is 8.83. The van der Waals surface area contributed by atoms with Crippen LogP contribution in [0, 0.1) is 5.92 Å². The molecule has 0 bridgehead atoms.